The predicted molar refractivity (Wildman–Crippen MR) is 70.6 cm³/mol. The van der Waals surface area contributed by atoms with Crippen LogP contribution in [-0.4, -0.2) is 12.1 Å². The van der Waals surface area contributed by atoms with Gasteiger partial charge >= 0.3 is 12.4 Å². The molecule has 0 aliphatic rings. The molecule has 1 heterocycles. The van der Waals surface area contributed by atoms with E-state index in [0.29, 0.717) is 12.1 Å². The van der Waals surface area contributed by atoms with Crippen molar-refractivity contribution in [2.24, 2.45) is 0 Å². The lowest BCUT2D eigenvalue weighted by Gasteiger charge is -2.14. The molecule has 2 N–H and O–H groups in total. The maximum absolute atomic E-state index is 12.8. The van der Waals surface area contributed by atoms with E-state index in [-0.39, 0.29) is 16.9 Å². The number of methoxy groups -OCH3 is 1. The van der Waals surface area contributed by atoms with Crippen molar-refractivity contribution in [3.8, 4) is 17.0 Å². The molecule has 0 unspecified atom stereocenters. The number of nitrogens with two attached hydrogens (primary N) is 1. The van der Waals surface area contributed by atoms with Gasteiger partial charge in [-0.1, -0.05) is 6.07 Å². The number of alkyl halides is 6. The minimum absolute atomic E-state index is 0.0153. The van der Waals surface area contributed by atoms with E-state index >= 15 is 0 Å². The van der Waals surface area contributed by atoms with Crippen LogP contribution in [0.2, 0.25) is 0 Å². The van der Waals surface area contributed by atoms with Crippen molar-refractivity contribution in [1.82, 2.24) is 4.98 Å². The van der Waals surface area contributed by atoms with Crippen molar-refractivity contribution in [3.63, 3.8) is 0 Å². The van der Waals surface area contributed by atoms with E-state index in [0.717, 1.165) is 25.3 Å². The summed E-state index contributed by atoms with van der Waals surface area (Å²) < 4.78 is 81.2. The molecule has 124 valence electrons. The van der Waals surface area contributed by atoms with Gasteiger partial charge in [-0.15, -0.1) is 0 Å². The van der Waals surface area contributed by atoms with E-state index in [4.69, 9.17) is 5.73 Å². The summed E-state index contributed by atoms with van der Waals surface area (Å²) >= 11 is 0. The molecule has 0 saturated carbocycles. The molecular weight excluding hydrogens is 326 g/mol. The van der Waals surface area contributed by atoms with Gasteiger partial charge in [0.2, 0.25) is 0 Å². The maximum atomic E-state index is 12.8. The van der Waals surface area contributed by atoms with Crippen molar-refractivity contribution in [2.45, 2.75) is 12.4 Å². The van der Waals surface area contributed by atoms with Crippen molar-refractivity contribution < 1.29 is 31.1 Å². The molecule has 0 radical (unpaired) electrons. The number of hydrogen-bond acceptors (Lipinski definition) is 3. The minimum Gasteiger partial charge on any atom is -0.496 e. The van der Waals surface area contributed by atoms with Crippen LogP contribution in [0.4, 0.5) is 32.0 Å². The lowest BCUT2D eigenvalue weighted by Crippen LogP contribution is -2.10. The zero-order chi connectivity index (χ0) is 17.4. The summed E-state index contributed by atoms with van der Waals surface area (Å²) in [5, 5.41) is 0. The second-order valence-electron chi connectivity index (χ2n) is 4.54. The molecule has 9 heteroatoms. The van der Waals surface area contributed by atoms with E-state index < -0.39 is 29.4 Å². The molecule has 23 heavy (non-hydrogen) atoms. The summed E-state index contributed by atoms with van der Waals surface area (Å²) in [4.78, 5) is 3.39. The molecule has 0 saturated heterocycles. The topological polar surface area (TPSA) is 48.1 Å². The van der Waals surface area contributed by atoms with E-state index in [9.17, 15) is 26.3 Å². The first-order valence-electron chi connectivity index (χ1n) is 6.13. The Labute approximate surface area is 126 Å². The second-order valence-corrected chi connectivity index (χ2v) is 4.54. The first-order valence-corrected chi connectivity index (χ1v) is 6.13. The largest absolute Gasteiger partial charge is 0.496 e. The minimum atomic E-state index is -4.70. The Bertz CT molecular complexity index is 724. The number of nitrogens with zero attached hydrogens (tertiary/aromatic N) is 1. The molecule has 0 spiro atoms. The van der Waals surface area contributed by atoms with Gasteiger partial charge in [-0.2, -0.15) is 26.3 Å². The van der Waals surface area contributed by atoms with Crippen LogP contribution in [-0.2, 0) is 12.4 Å². The number of anilines is 1. The van der Waals surface area contributed by atoms with Gasteiger partial charge in [-0.3, -0.25) is 0 Å². The van der Waals surface area contributed by atoms with Crippen LogP contribution in [0.25, 0.3) is 11.3 Å². The quantitative estimate of drug-likeness (QED) is 0.828. The number of ether oxygens (including phenoxy) is 1. The van der Waals surface area contributed by atoms with Crippen LogP contribution in [0.1, 0.15) is 11.3 Å². The standard InChI is InChI=1S/C14H10F6N2O/c1-23-10-6-7(2-3-8(10)13(15,16)17)12-9(21)4-5-11(22-12)14(18,19)20/h2-6H,21H2,1H3. The molecule has 2 rings (SSSR count). The lowest BCUT2D eigenvalue weighted by molar-refractivity contribution is -0.141. The fourth-order valence-corrected chi connectivity index (χ4v) is 1.93. The summed E-state index contributed by atoms with van der Waals surface area (Å²) in [7, 11) is 1.03. The lowest BCUT2D eigenvalue weighted by atomic mass is 10.1. The van der Waals surface area contributed by atoms with Crippen LogP contribution in [0.5, 0.6) is 5.75 Å². The molecule has 0 atom stereocenters. The van der Waals surface area contributed by atoms with Crippen molar-refractivity contribution >= 4 is 5.69 Å². The Morgan fingerprint density at radius 3 is 2.13 bits per heavy atom. The van der Waals surface area contributed by atoms with Crippen molar-refractivity contribution in [1.29, 1.82) is 0 Å². The molecule has 1 aromatic heterocycles. The van der Waals surface area contributed by atoms with Crippen LogP contribution < -0.4 is 10.5 Å². The van der Waals surface area contributed by atoms with Crippen LogP contribution in [0, 0.1) is 0 Å². The molecule has 0 fully saturated rings. The normalized spacial score (nSPS) is 12.3. The SMILES string of the molecule is COc1cc(-c2nc(C(F)(F)F)ccc2N)ccc1C(F)(F)F. The molecule has 0 amide bonds. The zero-order valence-electron chi connectivity index (χ0n) is 11.6. The van der Waals surface area contributed by atoms with Gasteiger partial charge in [0, 0.05) is 5.56 Å². The molecule has 0 bridgehead atoms. The van der Waals surface area contributed by atoms with Crippen LogP contribution in [0.3, 0.4) is 0 Å². The number of benzene rings is 1. The number of pyridine rings is 1. The highest BCUT2D eigenvalue weighted by Crippen LogP contribution is 2.39. The van der Waals surface area contributed by atoms with Gasteiger partial charge in [-0.25, -0.2) is 4.98 Å². The predicted octanol–water partition coefficient (Wildman–Crippen LogP) is 4.38. The molecule has 1 aromatic carbocycles. The highest BCUT2D eigenvalue weighted by atomic mass is 19.4. The smallest absolute Gasteiger partial charge is 0.433 e. The first kappa shape index (κ1) is 16.9. The van der Waals surface area contributed by atoms with Gasteiger partial charge < -0.3 is 10.5 Å². The summed E-state index contributed by atoms with van der Waals surface area (Å²) in [5.41, 5.74) is 2.96. The fraction of sp³-hybridized carbons (Fsp3) is 0.214. The molecule has 0 aliphatic heterocycles. The highest BCUT2D eigenvalue weighted by Gasteiger charge is 2.35. The monoisotopic (exact) mass is 336 g/mol. The molecule has 0 aliphatic carbocycles. The van der Waals surface area contributed by atoms with Gasteiger partial charge in [0.15, 0.2) is 0 Å². The third-order valence-electron chi connectivity index (χ3n) is 3.00. The number of hydrogen-bond donors (Lipinski definition) is 1. The number of aromatic nitrogens is 1. The molecule has 3 nitrogen and oxygen atoms in total. The third kappa shape index (κ3) is 3.49. The van der Waals surface area contributed by atoms with Crippen molar-refractivity contribution in [3.05, 3.63) is 41.6 Å². The van der Waals surface area contributed by atoms with E-state index in [2.05, 4.69) is 9.72 Å². The van der Waals surface area contributed by atoms with Gasteiger partial charge in [0.05, 0.1) is 24.1 Å². The summed E-state index contributed by atoms with van der Waals surface area (Å²) in [5.74, 6) is -0.534. The fourth-order valence-electron chi connectivity index (χ4n) is 1.93. The highest BCUT2D eigenvalue weighted by molar-refractivity contribution is 5.74. The summed E-state index contributed by atoms with van der Waals surface area (Å²) in [6.45, 7) is 0. The third-order valence-corrected chi connectivity index (χ3v) is 3.00. The van der Waals surface area contributed by atoms with Gasteiger partial charge in [0.25, 0.3) is 0 Å². The Morgan fingerprint density at radius 1 is 0.957 bits per heavy atom. The van der Waals surface area contributed by atoms with Gasteiger partial charge in [0.1, 0.15) is 11.4 Å². The Hall–Kier alpha value is -2.45. The summed E-state index contributed by atoms with van der Waals surface area (Å²) in [6, 6.07) is 4.33. The summed E-state index contributed by atoms with van der Waals surface area (Å²) in [6.07, 6.45) is -9.35. The average molecular weight is 336 g/mol. The second kappa shape index (κ2) is 5.64. The Balaban J connectivity index is 2.59. The average Bonchev–Trinajstić information content (AvgIpc) is 2.44. The van der Waals surface area contributed by atoms with E-state index in [1.165, 1.54) is 0 Å². The maximum Gasteiger partial charge on any atom is 0.433 e. The molecular formula is C14H10F6N2O. The van der Waals surface area contributed by atoms with Crippen molar-refractivity contribution in [2.75, 3.05) is 12.8 Å². The Morgan fingerprint density at radius 2 is 1.61 bits per heavy atom. The molecule has 2 aromatic rings. The van der Waals surface area contributed by atoms with Crippen LogP contribution >= 0.6 is 0 Å². The van der Waals surface area contributed by atoms with Crippen LogP contribution in [0.15, 0.2) is 30.3 Å². The number of nitrogen functional groups attached to an aromatic ring is 1. The number of rotatable bonds is 2. The van der Waals surface area contributed by atoms with E-state index in [1.54, 1.807) is 0 Å². The number of halogens is 6. The van der Waals surface area contributed by atoms with E-state index in [1.807, 2.05) is 0 Å². The van der Waals surface area contributed by atoms with Gasteiger partial charge in [-0.05, 0) is 24.3 Å². The zero-order valence-corrected chi connectivity index (χ0v) is 11.6. The Kier molecular flexibility index (Phi) is 4.14. The first-order chi connectivity index (χ1) is 10.5.